The second-order valence-electron chi connectivity index (χ2n) is 23.4. The van der Waals surface area contributed by atoms with Crippen molar-refractivity contribution in [2.45, 2.75) is 386 Å². The first kappa shape index (κ1) is 74.6. The number of rotatable bonds is 64. The summed E-state index contributed by atoms with van der Waals surface area (Å²) in [6.07, 6.45) is 81.7. The van der Waals surface area contributed by atoms with Crippen molar-refractivity contribution in [3.05, 3.63) is 36.5 Å². The Labute approximate surface area is 480 Å². The van der Waals surface area contributed by atoms with Gasteiger partial charge in [-0.15, -0.1) is 0 Å². The van der Waals surface area contributed by atoms with Gasteiger partial charge in [-0.05, 0) is 70.6 Å². The SMILES string of the molecule is CCC/C=C\C/C=C\CCCCCCCC(=O)OCC(COC(=O)CCCCCCCCCCCCCCCCCCCCCCCCCCC)OC(=O)CCCCCCCCCCC/C=C\CCCCCCCCCC. The second-order valence-corrected chi connectivity index (χ2v) is 23.4. The van der Waals surface area contributed by atoms with E-state index < -0.39 is 6.10 Å². The maximum absolute atomic E-state index is 12.9. The number of hydrogen-bond donors (Lipinski definition) is 0. The molecule has 0 aliphatic carbocycles. The molecule has 1 unspecified atom stereocenters. The summed E-state index contributed by atoms with van der Waals surface area (Å²) in [5.41, 5.74) is 0. The summed E-state index contributed by atoms with van der Waals surface area (Å²) in [7, 11) is 0. The van der Waals surface area contributed by atoms with Gasteiger partial charge in [0, 0.05) is 19.3 Å². The zero-order valence-corrected chi connectivity index (χ0v) is 52.0. The molecule has 77 heavy (non-hydrogen) atoms. The Balaban J connectivity index is 4.23. The lowest BCUT2D eigenvalue weighted by molar-refractivity contribution is -0.167. The van der Waals surface area contributed by atoms with Crippen molar-refractivity contribution in [3.63, 3.8) is 0 Å². The monoisotopic (exact) mass is 1080 g/mol. The molecule has 0 aromatic heterocycles. The molecule has 6 nitrogen and oxygen atoms in total. The Bertz CT molecular complexity index is 1290. The van der Waals surface area contributed by atoms with Crippen LogP contribution >= 0.6 is 0 Å². The van der Waals surface area contributed by atoms with Crippen molar-refractivity contribution in [2.24, 2.45) is 0 Å². The van der Waals surface area contributed by atoms with Crippen molar-refractivity contribution in [1.82, 2.24) is 0 Å². The molecule has 0 saturated carbocycles. The van der Waals surface area contributed by atoms with Gasteiger partial charge in [0.1, 0.15) is 13.2 Å². The summed E-state index contributed by atoms with van der Waals surface area (Å²) in [5.74, 6) is -0.864. The highest BCUT2D eigenvalue weighted by molar-refractivity contribution is 5.71. The Morgan fingerprint density at radius 1 is 0.260 bits per heavy atom. The van der Waals surface area contributed by atoms with Crippen LogP contribution in [0.25, 0.3) is 0 Å². The molecular formula is C71H132O6. The molecule has 452 valence electrons. The van der Waals surface area contributed by atoms with E-state index in [1.807, 2.05) is 0 Å². The number of ether oxygens (including phenoxy) is 3. The van der Waals surface area contributed by atoms with E-state index in [0.717, 1.165) is 83.5 Å². The van der Waals surface area contributed by atoms with Crippen molar-refractivity contribution in [2.75, 3.05) is 13.2 Å². The Morgan fingerprint density at radius 3 is 0.779 bits per heavy atom. The lowest BCUT2D eigenvalue weighted by Gasteiger charge is -2.18. The highest BCUT2D eigenvalue weighted by Gasteiger charge is 2.19. The van der Waals surface area contributed by atoms with Crippen LogP contribution < -0.4 is 0 Å². The highest BCUT2D eigenvalue weighted by atomic mass is 16.6. The first-order chi connectivity index (χ1) is 38.0. The molecule has 1 atom stereocenters. The number of unbranched alkanes of at least 4 members (excludes halogenated alkanes) is 47. The van der Waals surface area contributed by atoms with E-state index in [0.29, 0.717) is 19.3 Å². The van der Waals surface area contributed by atoms with Gasteiger partial charge in [-0.2, -0.15) is 0 Å². The van der Waals surface area contributed by atoms with Gasteiger partial charge in [-0.3, -0.25) is 14.4 Å². The first-order valence-electron chi connectivity index (χ1n) is 34.5. The third kappa shape index (κ3) is 64.3. The fraction of sp³-hybridized carbons (Fsp3) is 0.873. The number of hydrogen-bond acceptors (Lipinski definition) is 6. The topological polar surface area (TPSA) is 78.9 Å². The van der Waals surface area contributed by atoms with Crippen LogP contribution in [0, 0.1) is 0 Å². The van der Waals surface area contributed by atoms with E-state index in [1.54, 1.807) is 0 Å². The smallest absolute Gasteiger partial charge is 0.306 e. The van der Waals surface area contributed by atoms with E-state index in [2.05, 4.69) is 57.2 Å². The summed E-state index contributed by atoms with van der Waals surface area (Å²) in [6, 6.07) is 0. The molecule has 0 saturated heterocycles. The summed E-state index contributed by atoms with van der Waals surface area (Å²) < 4.78 is 17.0. The van der Waals surface area contributed by atoms with E-state index in [4.69, 9.17) is 14.2 Å². The molecular weight excluding hydrogens is 949 g/mol. The van der Waals surface area contributed by atoms with Crippen LogP contribution in [0.15, 0.2) is 36.5 Å². The van der Waals surface area contributed by atoms with E-state index in [-0.39, 0.29) is 31.1 Å². The lowest BCUT2D eigenvalue weighted by atomic mass is 10.0. The molecule has 0 spiro atoms. The standard InChI is InChI=1S/C71H132O6/c1-4-7-10-13-16-19-22-25-27-29-31-33-34-35-36-38-39-41-43-46-49-52-55-58-61-64-70(73)76-67-68(66-75-69(72)63-60-57-54-51-48-45-24-21-18-15-12-9-6-3)77-71(74)65-62-59-56-53-50-47-44-42-40-37-32-30-28-26-23-20-17-14-11-8-5-2/h12,15,21,24,30,32,68H,4-11,13-14,16-20,22-23,25-29,31,33-67H2,1-3H3/b15-12-,24-21-,32-30-. The summed E-state index contributed by atoms with van der Waals surface area (Å²) in [6.45, 7) is 6.63. The van der Waals surface area contributed by atoms with Gasteiger partial charge in [0.2, 0.25) is 0 Å². The second kappa shape index (κ2) is 66.1. The predicted octanol–water partition coefficient (Wildman–Crippen LogP) is 23.6. The molecule has 6 heteroatoms. The quantitative estimate of drug-likeness (QED) is 0.0261. The minimum absolute atomic E-state index is 0.0731. The van der Waals surface area contributed by atoms with Crippen LogP contribution in [0.3, 0.4) is 0 Å². The molecule has 0 aliphatic heterocycles. The fourth-order valence-corrected chi connectivity index (χ4v) is 10.4. The van der Waals surface area contributed by atoms with Crippen LogP contribution in [0.2, 0.25) is 0 Å². The van der Waals surface area contributed by atoms with Crippen molar-refractivity contribution >= 4 is 17.9 Å². The molecule has 0 aliphatic rings. The number of carbonyl (C=O) groups excluding carboxylic acids is 3. The third-order valence-corrected chi connectivity index (χ3v) is 15.6. The fourth-order valence-electron chi connectivity index (χ4n) is 10.4. The van der Waals surface area contributed by atoms with Crippen LogP contribution in [-0.4, -0.2) is 37.2 Å². The molecule has 0 radical (unpaired) electrons. The average Bonchev–Trinajstić information content (AvgIpc) is 3.43. The summed E-state index contributed by atoms with van der Waals surface area (Å²) in [4.78, 5) is 38.4. The Hall–Kier alpha value is -2.37. The van der Waals surface area contributed by atoms with Crippen molar-refractivity contribution < 1.29 is 28.6 Å². The molecule has 0 aromatic carbocycles. The maximum Gasteiger partial charge on any atom is 0.306 e. The largest absolute Gasteiger partial charge is 0.462 e. The van der Waals surface area contributed by atoms with E-state index in [1.165, 1.54) is 257 Å². The van der Waals surface area contributed by atoms with Crippen LogP contribution in [0.5, 0.6) is 0 Å². The maximum atomic E-state index is 12.9. The van der Waals surface area contributed by atoms with Crippen molar-refractivity contribution in [3.8, 4) is 0 Å². The van der Waals surface area contributed by atoms with Gasteiger partial charge in [0.25, 0.3) is 0 Å². The Morgan fingerprint density at radius 2 is 0.494 bits per heavy atom. The number of carbonyl (C=O) groups is 3. The molecule has 0 fully saturated rings. The van der Waals surface area contributed by atoms with Gasteiger partial charge >= 0.3 is 17.9 Å². The highest BCUT2D eigenvalue weighted by Crippen LogP contribution is 2.18. The van der Waals surface area contributed by atoms with Gasteiger partial charge in [0.15, 0.2) is 6.10 Å². The molecule has 0 aromatic rings. The zero-order chi connectivity index (χ0) is 55.7. The Kier molecular flexibility index (Phi) is 64.1. The molecule has 0 N–H and O–H groups in total. The van der Waals surface area contributed by atoms with Gasteiger partial charge in [-0.25, -0.2) is 0 Å². The van der Waals surface area contributed by atoms with Crippen molar-refractivity contribution in [1.29, 1.82) is 0 Å². The molecule has 0 rings (SSSR count). The minimum atomic E-state index is -0.778. The van der Waals surface area contributed by atoms with E-state index in [9.17, 15) is 14.4 Å². The number of allylic oxidation sites excluding steroid dienone is 6. The average molecular weight is 1080 g/mol. The minimum Gasteiger partial charge on any atom is -0.462 e. The van der Waals surface area contributed by atoms with Gasteiger partial charge < -0.3 is 14.2 Å². The number of esters is 3. The first-order valence-corrected chi connectivity index (χ1v) is 34.5. The third-order valence-electron chi connectivity index (χ3n) is 15.6. The van der Waals surface area contributed by atoms with Gasteiger partial charge in [-0.1, -0.05) is 327 Å². The van der Waals surface area contributed by atoms with Crippen LogP contribution in [0.1, 0.15) is 380 Å². The summed E-state index contributed by atoms with van der Waals surface area (Å²) >= 11 is 0. The van der Waals surface area contributed by atoms with Gasteiger partial charge in [0.05, 0.1) is 0 Å². The van der Waals surface area contributed by atoms with Crippen LogP contribution in [0.4, 0.5) is 0 Å². The molecule has 0 amide bonds. The van der Waals surface area contributed by atoms with E-state index >= 15 is 0 Å². The lowest BCUT2D eigenvalue weighted by Crippen LogP contribution is -2.30. The van der Waals surface area contributed by atoms with Crippen LogP contribution in [-0.2, 0) is 28.6 Å². The predicted molar refractivity (Wildman–Crippen MR) is 335 cm³/mol. The molecule has 0 heterocycles. The zero-order valence-electron chi connectivity index (χ0n) is 52.0. The molecule has 0 bridgehead atoms. The normalized spacial score (nSPS) is 12.2. The summed E-state index contributed by atoms with van der Waals surface area (Å²) in [5, 5.41) is 0.